The highest BCUT2D eigenvalue weighted by Crippen LogP contribution is 2.39. The van der Waals surface area contributed by atoms with Gasteiger partial charge in [-0.1, -0.05) is 6.08 Å². The first-order chi connectivity index (χ1) is 23.5. The predicted octanol–water partition coefficient (Wildman–Crippen LogP) is -0.856. The Labute approximate surface area is 285 Å². The fraction of sp³-hybridized carbons (Fsp3) is 0.700. The van der Waals surface area contributed by atoms with E-state index in [-0.39, 0.29) is 6.61 Å². The van der Waals surface area contributed by atoms with E-state index in [0.29, 0.717) is 0 Å². The number of carbonyl (C=O) groups excluding carboxylic acids is 7. The van der Waals surface area contributed by atoms with E-state index in [0.717, 1.165) is 41.7 Å². The number of cyclic esters (lactones) is 2. The minimum atomic E-state index is -2.33. The molecule has 0 aromatic rings. The number of carbonyl (C=O) groups is 7. The van der Waals surface area contributed by atoms with Crippen molar-refractivity contribution >= 4 is 42.0 Å². The van der Waals surface area contributed by atoms with Gasteiger partial charge in [0.25, 0.3) is 5.79 Å². The van der Waals surface area contributed by atoms with Gasteiger partial charge in [-0.05, 0) is 0 Å². The third-order valence-corrected chi connectivity index (χ3v) is 7.30. The molecule has 1 N–H and O–H groups in total. The number of esters is 6. The summed E-state index contributed by atoms with van der Waals surface area (Å²) in [6.45, 7) is 7.28. The summed E-state index contributed by atoms with van der Waals surface area (Å²) in [5.74, 6) is -7.97. The lowest BCUT2D eigenvalue weighted by molar-refractivity contribution is -0.363. The molecule has 3 heterocycles. The van der Waals surface area contributed by atoms with Crippen LogP contribution in [-0.2, 0) is 85.6 Å². The third kappa shape index (κ3) is 10.1. The molecule has 50 heavy (non-hydrogen) atoms. The molecular formula is C30H40O20. The van der Waals surface area contributed by atoms with Crippen LogP contribution in [0.4, 0.5) is 4.79 Å². The number of ether oxygens (including phenoxy) is 12. The van der Waals surface area contributed by atoms with Crippen LogP contribution in [-0.4, -0.2) is 141 Å². The first-order valence-corrected chi connectivity index (χ1v) is 15.2. The van der Waals surface area contributed by atoms with E-state index < -0.39 is 129 Å². The molecule has 3 fully saturated rings. The summed E-state index contributed by atoms with van der Waals surface area (Å²) in [5.41, 5.74) is 0. The van der Waals surface area contributed by atoms with Crippen molar-refractivity contribution in [1.82, 2.24) is 0 Å². The Morgan fingerprint density at radius 3 is 2.08 bits per heavy atom. The van der Waals surface area contributed by atoms with Crippen molar-refractivity contribution in [3.05, 3.63) is 12.7 Å². The van der Waals surface area contributed by atoms with E-state index in [9.17, 15) is 38.7 Å². The Morgan fingerprint density at radius 2 is 1.56 bits per heavy atom. The molecule has 0 saturated carbocycles. The molecule has 280 valence electrons. The largest absolute Gasteiger partial charge is 0.508 e. The third-order valence-electron chi connectivity index (χ3n) is 7.30. The van der Waals surface area contributed by atoms with Crippen LogP contribution in [0, 0.1) is 0 Å². The van der Waals surface area contributed by atoms with Crippen molar-refractivity contribution in [2.45, 2.75) is 108 Å². The molecule has 0 radical (unpaired) electrons. The van der Waals surface area contributed by atoms with Crippen molar-refractivity contribution < 1.29 is 95.5 Å². The predicted molar refractivity (Wildman–Crippen MR) is 155 cm³/mol. The van der Waals surface area contributed by atoms with Gasteiger partial charge in [-0.15, -0.1) is 6.58 Å². The Kier molecular flexibility index (Phi) is 14.0. The topological polar surface area (TPSA) is 250 Å². The zero-order chi connectivity index (χ0) is 37.3. The second kappa shape index (κ2) is 17.5. The quantitative estimate of drug-likeness (QED) is 0.130. The van der Waals surface area contributed by atoms with E-state index in [2.05, 4.69) is 6.58 Å². The highest BCUT2D eigenvalue weighted by atomic mass is 16.8. The van der Waals surface area contributed by atoms with Crippen LogP contribution in [0.25, 0.3) is 0 Å². The summed E-state index contributed by atoms with van der Waals surface area (Å²) in [4.78, 5) is 85.9. The molecule has 11 unspecified atom stereocenters. The van der Waals surface area contributed by atoms with Gasteiger partial charge in [0.2, 0.25) is 0 Å². The molecular weight excluding hydrogens is 680 g/mol. The molecule has 0 spiro atoms. The van der Waals surface area contributed by atoms with Crippen LogP contribution < -0.4 is 0 Å². The molecule has 3 aliphatic rings. The van der Waals surface area contributed by atoms with Crippen molar-refractivity contribution in [2.75, 3.05) is 26.9 Å². The summed E-state index contributed by atoms with van der Waals surface area (Å²) in [6, 6.07) is 0. The van der Waals surface area contributed by atoms with Gasteiger partial charge in [0, 0.05) is 41.0 Å². The molecule has 0 aromatic heterocycles. The van der Waals surface area contributed by atoms with Crippen molar-refractivity contribution in [2.24, 2.45) is 0 Å². The molecule has 0 bridgehead atoms. The monoisotopic (exact) mass is 720 g/mol. The highest BCUT2D eigenvalue weighted by Gasteiger charge is 2.61. The maximum Gasteiger partial charge on any atom is 0.508 e. The number of rotatable bonds is 14. The van der Waals surface area contributed by atoms with Crippen LogP contribution in [0.15, 0.2) is 12.7 Å². The maximum absolute atomic E-state index is 13.2. The number of aliphatic hydroxyl groups excluding tert-OH is 1. The van der Waals surface area contributed by atoms with Crippen LogP contribution in [0.1, 0.15) is 41.0 Å². The van der Waals surface area contributed by atoms with Gasteiger partial charge in [-0.3, -0.25) is 24.0 Å². The normalized spacial score (nSPS) is 32.6. The average Bonchev–Trinajstić information content (AvgIpc) is 3.46. The molecule has 0 aliphatic carbocycles. The maximum atomic E-state index is 13.2. The zero-order valence-corrected chi connectivity index (χ0v) is 28.1. The smallest absolute Gasteiger partial charge is 0.465 e. The summed E-state index contributed by atoms with van der Waals surface area (Å²) < 4.78 is 65.5. The van der Waals surface area contributed by atoms with Crippen molar-refractivity contribution in [3.8, 4) is 0 Å². The van der Waals surface area contributed by atoms with Gasteiger partial charge in [0.15, 0.2) is 36.8 Å². The van der Waals surface area contributed by atoms with E-state index in [1.165, 1.54) is 6.08 Å². The van der Waals surface area contributed by atoms with Crippen LogP contribution in [0.5, 0.6) is 0 Å². The molecule has 20 heteroatoms. The van der Waals surface area contributed by atoms with Gasteiger partial charge >= 0.3 is 42.0 Å². The first kappa shape index (κ1) is 40.1. The minimum Gasteiger partial charge on any atom is -0.465 e. The Morgan fingerprint density at radius 1 is 0.940 bits per heavy atom. The average molecular weight is 721 g/mol. The van der Waals surface area contributed by atoms with Gasteiger partial charge in [0.05, 0.1) is 19.8 Å². The van der Waals surface area contributed by atoms with E-state index in [4.69, 9.17) is 56.8 Å². The van der Waals surface area contributed by atoms with Crippen molar-refractivity contribution in [1.29, 1.82) is 0 Å². The van der Waals surface area contributed by atoms with Crippen LogP contribution in [0.3, 0.4) is 0 Å². The molecule has 11 atom stereocenters. The summed E-state index contributed by atoms with van der Waals surface area (Å²) in [6.07, 6.45) is -17.0. The molecule has 20 nitrogen and oxygen atoms in total. The summed E-state index contributed by atoms with van der Waals surface area (Å²) in [5, 5.41) is 11.5. The summed E-state index contributed by atoms with van der Waals surface area (Å²) >= 11 is 0. The highest BCUT2D eigenvalue weighted by molar-refractivity contribution is 5.78. The fourth-order valence-electron chi connectivity index (χ4n) is 5.49. The Bertz CT molecular complexity index is 1300. The molecule has 3 rings (SSSR count). The first-order valence-electron chi connectivity index (χ1n) is 15.2. The van der Waals surface area contributed by atoms with Gasteiger partial charge in [-0.25, -0.2) is 9.59 Å². The van der Waals surface area contributed by atoms with Gasteiger partial charge < -0.3 is 61.9 Å². The van der Waals surface area contributed by atoms with Crippen LogP contribution in [0.2, 0.25) is 0 Å². The Balaban J connectivity index is 2.17. The second-order valence-corrected chi connectivity index (χ2v) is 11.2. The molecule has 3 saturated heterocycles. The molecule has 0 amide bonds. The molecule has 0 aromatic carbocycles. The van der Waals surface area contributed by atoms with Gasteiger partial charge in [0.1, 0.15) is 31.5 Å². The van der Waals surface area contributed by atoms with Crippen LogP contribution >= 0.6 is 0 Å². The number of hydrogen-bond donors (Lipinski definition) is 1. The zero-order valence-electron chi connectivity index (χ0n) is 28.1. The summed E-state index contributed by atoms with van der Waals surface area (Å²) in [7, 11) is 1.03. The van der Waals surface area contributed by atoms with Crippen molar-refractivity contribution in [3.63, 3.8) is 0 Å². The lowest BCUT2D eigenvalue weighted by Crippen LogP contribution is -2.68. The van der Waals surface area contributed by atoms with E-state index in [1.807, 2.05) is 0 Å². The SMILES string of the molecule is C=CCOC1(C(=O)OC)CC(OC2OC(C(COC(C)=O)OC(C)=O)C(OC(C)=O)C(OC(C)=O)C2OC(C)=O)C(O)C(C2COC(=O)O2)O1. The van der Waals surface area contributed by atoms with Gasteiger partial charge in [-0.2, -0.15) is 0 Å². The fourth-order valence-corrected chi connectivity index (χ4v) is 5.49. The standard InChI is InChI=1S/C30H40O20/c1-8-9-42-30(28(37)39-7)10-18(21(36)22(50-30)19-12-41-29(38)48-19)47-27-26(46-17(6)35)25(45-16(5)34)24(44-15(4)33)23(49-27)20(43-14(3)32)11-40-13(2)31/h8,18-27,36H,1,9-12H2,2-7H3. The number of hydrogen-bond acceptors (Lipinski definition) is 20. The minimum absolute atomic E-state index is 0.289. The second-order valence-electron chi connectivity index (χ2n) is 11.2. The number of aliphatic hydroxyl groups is 1. The Hall–Kier alpha value is -4.37. The number of methoxy groups -OCH3 is 1. The lowest BCUT2D eigenvalue weighted by Gasteiger charge is -2.49. The lowest BCUT2D eigenvalue weighted by atomic mass is 9.91. The molecule has 3 aliphatic heterocycles. The van der Waals surface area contributed by atoms with E-state index in [1.54, 1.807) is 0 Å². The van der Waals surface area contributed by atoms with E-state index >= 15 is 0 Å².